The molecule has 2 N–H and O–H groups in total. The van der Waals surface area contributed by atoms with Crippen LogP contribution in [0.3, 0.4) is 0 Å². The Morgan fingerprint density at radius 2 is 2.17 bits per heavy atom. The van der Waals surface area contributed by atoms with Crippen molar-refractivity contribution in [3.05, 3.63) is 42.1 Å². The molecule has 1 fully saturated rings. The number of carbonyl (C=O) groups excluding carboxylic acids is 2. The summed E-state index contributed by atoms with van der Waals surface area (Å²) in [6.07, 6.45) is 2.13. The maximum absolute atomic E-state index is 12.6. The minimum absolute atomic E-state index is 0.141. The van der Waals surface area contributed by atoms with Gasteiger partial charge in [-0.25, -0.2) is 4.79 Å². The van der Waals surface area contributed by atoms with Crippen molar-refractivity contribution in [2.24, 2.45) is 0 Å². The fraction of sp³-hybridized carbons (Fsp3) is 0.375. The molecular formula is C16H20N6O2. The molecule has 1 aliphatic heterocycles. The lowest BCUT2D eigenvalue weighted by atomic mass is 10.0. The molecule has 126 valence electrons. The molecule has 1 atom stereocenters. The van der Waals surface area contributed by atoms with E-state index in [0.29, 0.717) is 31.9 Å². The number of nitrogens with zero attached hydrogens (tertiary/aromatic N) is 4. The second-order valence-electron chi connectivity index (χ2n) is 5.58. The van der Waals surface area contributed by atoms with Crippen molar-refractivity contribution in [3.8, 4) is 0 Å². The van der Waals surface area contributed by atoms with E-state index in [0.717, 1.165) is 5.56 Å². The van der Waals surface area contributed by atoms with Gasteiger partial charge in [0, 0.05) is 26.1 Å². The Morgan fingerprint density at radius 1 is 1.38 bits per heavy atom. The van der Waals surface area contributed by atoms with Gasteiger partial charge in [0.2, 0.25) is 5.91 Å². The molecule has 8 nitrogen and oxygen atoms in total. The molecule has 2 aromatic rings. The molecule has 0 bridgehead atoms. The number of amides is 3. The quantitative estimate of drug-likeness (QED) is 0.871. The van der Waals surface area contributed by atoms with Crippen molar-refractivity contribution < 1.29 is 9.59 Å². The number of carbonyl (C=O) groups is 2. The molecule has 24 heavy (non-hydrogen) atoms. The van der Waals surface area contributed by atoms with Crippen LogP contribution in [0.2, 0.25) is 0 Å². The minimum atomic E-state index is -0.539. The van der Waals surface area contributed by atoms with Crippen molar-refractivity contribution in [2.75, 3.05) is 18.4 Å². The maximum atomic E-state index is 12.6. The van der Waals surface area contributed by atoms with Crippen LogP contribution in [0.4, 0.5) is 10.6 Å². The average molecular weight is 328 g/mol. The lowest BCUT2D eigenvalue weighted by molar-refractivity contribution is -0.127. The third-order valence-electron chi connectivity index (χ3n) is 3.96. The first kappa shape index (κ1) is 16.0. The number of hydrogen-bond acceptors (Lipinski definition) is 4. The number of piperazine rings is 1. The van der Waals surface area contributed by atoms with Gasteiger partial charge in [-0.05, 0) is 12.5 Å². The topological polar surface area (TPSA) is 92.2 Å². The number of hydrogen-bond donors (Lipinski definition) is 2. The van der Waals surface area contributed by atoms with Crippen LogP contribution in [0.15, 0.2) is 36.5 Å². The smallest absolute Gasteiger partial charge is 0.323 e. The largest absolute Gasteiger partial charge is 0.353 e. The summed E-state index contributed by atoms with van der Waals surface area (Å²) < 4.78 is 1.62. The van der Waals surface area contributed by atoms with Gasteiger partial charge in [-0.1, -0.05) is 35.5 Å². The number of rotatable bonds is 4. The van der Waals surface area contributed by atoms with Gasteiger partial charge in [0.25, 0.3) is 0 Å². The predicted molar refractivity (Wildman–Crippen MR) is 88.4 cm³/mol. The number of aryl methyl sites for hydroxylation is 1. The standard InChI is InChI=1S/C16H20N6O2/c1-2-21-11-14(19-20-21)18-16(24)22-9-8-17-15(23)13(22)10-12-6-4-3-5-7-12/h3-7,11,13H,2,8-10H2,1H3,(H,17,23)(H,18,24)/t13-/m0/s1. The van der Waals surface area contributed by atoms with Crippen LogP contribution in [-0.4, -0.2) is 51.0 Å². The van der Waals surface area contributed by atoms with Crippen molar-refractivity contribution >= 4 is 17.8 Å². The lowest BCUT2D eigenvalue weighted by Gasteiger charge is -2.34. The molecule has 0 saturated carbocycles. The number of urea groups is 1. The Hall–Kier alpha value is -2.90. The molecule has 1 aromatic carbocycles. The zero-order valence-corrected chi connectivity index (χ0v) is 13.5. The summed E-state index contributed by atoms with van der Waals surface area (Å²) >= 11 is 0. The Morgan fingerprint density at radius 3 is 2.88 bits per heavy atom. The normalized spacial score (nSPS) is 17.5. The molecule has 0 unspecified atom stereocenters. The first-order valence-corrected chi connectivity index (χ1v) is 7.96. The summed E-state index contributed by atoms with van der Waals surface area (Å²) in [7, 11) is 0. The van der Waals surface area contributed by atoms with E-state index in [9.17, 15) is 9.59 Å². The number of benzene rings is 1. The van der Waals surface area contributed by atoms with Gasteiger partial charge in [-0.15, -0.1) is 5.10 Å². The van der Waals surface area contributed by atoms with E-state index in [1.807, 2.05) is 37.3 Å². The SMILES string of the molecule is CCn1cc(NC(=O)N2CCNC(=O)[C@@H]2Cc2ccccc2)nn1. The first-order valence-electron chi connectivity index (χ1n) is 7.96. The Balaban J connectivity index is 1.72. The van der Waals surface area contributed by atoms with Gasteiger partial charge in [0.15, 0.2) is 5.82 Å². The molecule has 1 aromatic heterocycles. The summed E-state index contributed by atoms with van der Waals surface area (Å²) in [6.45, 7) is 3.51. The van der Waals surface area contributed by atoms with Crippen molar-refractivity contribution in [1.82, 2.24) is 25.2 Å². The summed E-state index contributed by atoms with van der Waals surface area (Å²) in [5.74, 6) is 0.240. The number of aromatic nitrogens is 3. The summed E-state index contributed by atoms with van der Waals surface area (Å²) in [4.78, 5) is 26.4. The van der Waals surface area contributed by atoms with Crippen LogP contribution in [-0.2, 0) is 17.8 Å². The van der Waals surface area contributed by atoms with Gasteiger partial charge in [-0.3, -0.25) is 14.8 Å². The van der Waals surface area contributed by atoms with Gasteiger partial charge in [0.05, 0.1) is 6.20 Å². The minimum Gasteiger partial charge on any atom is -0.353 e. The average Bonchev–Trinajstić information content (AvgIpc) is 3.05. The highest BCUT2D eigenvalue weighted by Gasteiger charge is 2.33. The van der Waals surface area contributed by atoms with Crippen molar-refractivity contribution in [2.45, 2.75) is 25.9 Å². The lowest BCUT2D eigenvalue weighted by Crippen LogP contribution is -2.59. The summed E-state index contributed by atoms with van der Waals surface area (Å²) in [5, 5.41) is 13.3. The van der Waals surface area contributed by atoms with E-state index < -0.39 is 6.04 Å². The fourth-order valence-corrected chi connectivity index (χ4v) is 2.69. The molecule has 2 heterocycles. The van der Waals surface area contributed by atoms with E-state index in [2.05, 4.69) is 20.9 Å². The first-order chi connectivity index (χ1) is 11.7. The van der Waals surface area contributed by atoms with E-state index in [4.69, 9.17) is 0 Å². The summed E-state index contributed by atoms with van der Waals surface area (Å²) in [5.41, 5.74) is 1.01. The molecule has 1 saturated heterocycles. The molecule has 0 aliphatic carbocycles. The van der Waals surface area contributed by atoms with Gasteiger partial charge < -0.3 is 10.2 Å². The monoisotopic (exact) mass is 328 g/mol. The highest BCUT2D eigenvalue weighted by atomic mass is 16.2. The highest BCUT2D eigenvalue weighted by molar-refractivity contribution is 5.94. The molecule has 1 aliphatic rings. The number of anilines is 1. The Labute approximate surface area is 139 Å². The third kappa shape index (κ3) is 3.53. The second-order valence-corrected chi connectivity index (χ2v) is 5.58. The van der Waals surface area contributed by atoms with Crippen LogP contribution in [0.5, 0.6) is 0 Å². The van der Waals surface area contributed by atoms with Crippen LogP contribution in [0.25, 0.3) is 0 Å². The van der Waals surface area contributed by atoms with E-state index in [-0.39, 0.29) is 11.9 Å². The van der Waals surface area contributed by atoms with E-state index >= 15 is 0 Å². The Kier molecular flexibility index (Phi) is 4.74. The second kappa shape index (κ2) is 7.12. The van der Waals surface area contributed by atoms with E-state index in [1.54, 1.807) is 15.8 Å². The molecule has 3 rings (SSSR count). The van der Waals surface area contributed by atoms with Gasteiger partial charge in [0.1, 0.15) is 6.04 Å². The third-order valence-corrected chi connectivity index (χ3v) is 3.96. The van der Waals surface area contributed by atoms with E-state index in [1.165, 1.54) is 0 Å². The predicted octanol–water partition coefficient (Wildman–Crippen LogP) is 0.873. The van der Waals surface area contributed by atoms with Crippen LogP contribution >= 0.6 is 0 Å². The van der Waals surface area contributed by atoms with Gasteiger partial charge >= 0.3 is 6.03 Å². The van der Waals surface area contributed by atoms with Gasteiger partial charge in [-0.2, -0.15) is 0 Å². The molecule has 0 spiro atoms. The van der Waals surface area contributed by atoms with Crippen molar-refractivity contribution in [3.63, 3.8) is 0 Å². The number of nitrogens with one attached hydrogen (secondary N) is 2. The molecule has 0 radical (unpaired) electrons. The molecule has 3 amide bonds. The molecule has 8 heteroatoms. The zero-order chi connectivity index (χ0) is 16.9. The Bertz CT molecular complexity index is 714. The van der Waals surface area contributed by atoms with Crippen LogP contribution in [0, 0.1) is 0 Å². The van der Waals surface area contributed by atoms with Crippen molar-refractivity contribution in [1.29, 1.82) is 0 Å². The van der Waals surface area contributed by atoms with Crippen LogP contribution in [0.1, 0.15) is 12.5 Å². The summed E-state index contributed by atoms with van der Waals surface area (Å²) in [6, 6.07) is 8.78. The van der Waals surface area contributed by atoms with Crippen LogP contribution < -0.4 is 10.6 Å². The zero-order valence-electron chi connectivity index (χ0n) is 13.5. The highest BCUT2D eigenvalue weighted by Crippen LogP contribution is 2.14. The fourth-order valence-electron chi connectivity index (χ4n) is 2.69. The maximum Gasteiger partial charge on any atom is 0.323 e. The molecular weight excluding hydrogens is 308 g/mol.